The van der Waals surface area contributed by atoms with Crippen LogP contribution in [0.25, 0.3) is 0 Å². The van der Waals surface area contributed by atoms with Crippen LogP contribution in [0.2, 0.25) is 0 Å². The van der Waals surface area contributed by atoms with Crippen molar-refractivity contribution >= 4 is 5.82 Å². The molecule has 1 aromatic rings. The summed E-state index contributed by atoms with van der Waals surface area (Å²) >= 11 is 0. The van der Waals surface area contributed by atoms with Crippen molar-refractivity contribution in [1.82, 2.24) is 4.98 Å². The van der Waals surface area contributed by atoms with Crippen LogP contribution in [-0.4, -0.2) is 24.6 Å². The first-order chi connectivity index (χ1) is 8.24. The summed E-state index contributed by atoms with van der Waals surface area (Å²) in [6.07, 6.45) is 2.19. The van der Waals surface area contributed by atoms with Gasteiger partial charge >= 0.3 is 0 Å². The van der Waals surface area contributed by atoms with Crippen molar-refractivity contribution in [3.05, 3.63) is 23.4 Å². The van der Waals surface area contributed by atoms with E-state index in [4.69, 9.17) is 11.0 Å². The molecule has 1 saturated heterocycles. The molecule has 0 saturated carbocycles. The van der Waals surface area contributed by atoms with Gasteiger partial charge < -0.3 is 10.6 Å². The summed E-state index contributed by atoms with van der Waals surface area (Å²) in [5.74, 6) is 1.46. The standard InChI is InChI=1S/C13H18N4/c1-10-2-3-12(9-15)13(16-10)17-6-4-11(8-14)5-7-17/h2-3,11H,4-8,14H2,1H3. The summed E-state index contributed by atoms with van der Waals surface area (Å²) in [4.78, 5) is 6.70. The van der Waals surface area contributed by atoms with Crippen LogP contribution < -0.4 is 10.6 Å². The number of aryl methyl sites for hydroxylation is 1. The normalized spacial score (nSPS) is 16.9. The predicted molar refractivity (Wildman–Crippen MR) is 67.7 cm³/mol. The second-order valence-corrected chi connectivity index (χ2v) is 4.60. The van der Waals surface area contributed by atoms with Crippen LogP contribution in [0.15, 0.2) is 12.1 Å². The Morgan fingerprint density at radius 1 is 1.47 bits per heavy atom. The summed E-state index contributed by atoms with van der Waals surface area (Å²) in [6, 6.07) is 5.95. The zero-order chi connectivity index (χ0) is 12.3. The highest BCUT2D eigenvalue weighted by molar-refractivity contribution is 5.54. The average molecular weight is 230 g/mol. The fraction of sp³-hybridized carbons (Fsp3) is 0.538. The summed E-state index contributed by atoms with van der Waals surface area (Å²) in [5.41, 5.74) is 7.31. The molecule has 2 heterocycles. The lowest BCUT2D eigenvalue weighted by Gasteiger charge is -2.32. The minimum absolute atomic E-state index is 0.626. The quantitative estimate of drug-likeness (QED) is 0.834. The predicted octanol–water partition coefficient (Wildman–Crippen LogP) is 1.44. The van der Waals surface area contributed by atoms with E-state index in [0.29, 0.717) is 11.5 Å². The second kappa shape index (κ2) is 5.15. The van der Waals surface area contributed by atoms with E-state index in [9.17, 15) is 0 Å². The summed E-state index contributed by atoms with van der Waals surface area (Å²) in [5, 5.41) is 9.10. The molecule has 0 amide bonds. The monoisotopic (exact) mass is 230 g/mol. The fourth-order valence-corrected chi connectivity index (χ4v) is 2.25. The molecular formula is C13H18N4. The highest BCUT2D eigenvalue weighted by Crippen LogP contribution is 2.24. The van der Waals surface area contributed by atoms with Gasteiger partial charge in [-0.05, 0) is 44.4 Å². The average Bonchev–Trinajstić information content (AvgIpc) is 2.39. The van der Waals surface area contributed by atoms with Crippen LogP contribution in [0.4, 0.5) is 5.82 Å². The molecule has 1 aliphatic rings. The van der Waals surface area contributed by atoms with Gasteiger partial charge in [0.15, 0.2) is 0 Å². The van der Waals surface area contributed by atoms with E-state index in [0.717, 1.165) is 44.0 Å². The van der Waals surface area contributed by atoms with Gasteiger partial charge in [-0.3, -0.25) is 0 Å². The van der Waals surface area contributed by atoms with E-state index < -0.39 is 0 Å². The van der Waals surface area contributed by atoms with E-state index in [2.05, 4.69) is 16.0 Å². The number of aromatic nitrogens is 1. The lowest BCUT2D eigenvalue weighted by atomic mass is 9.97. The van der Waals surface area contributed by atoms with Crippen LogP contribution in [-0.2, 0) is 0 Å². The summed E-state index contributed by atoms with van der Waals surface area (Å²) < 4.78 is 0. The largest absolute Gasteiger partial charge is 0.355 e. The van der Waals surface area contributed by atoms with Crippen LogP contribution in [0.3, 0.4) is 0 Å². The van der Waals surface area contributed by atoms with Crippen molar-refractivity contribution in [1.29, 1.82) is 5.26 Å². The number of pyridine rings is 1. The van der Waals surface area contributed by atoms with Crippen molar-refractivity contribution in [2.75, 3.05) is 24.5 Å². The van der Waals surface area contributed by atoms with Crippen molar-refractivity contribution < 1.29 is 0 Å². The molecule has 0 atom stereocenters. The number of nitrogens with two attached hydrogens (primary N) is 1. The molecule has 1 aromatic heterocycles. The zero-order valence-electron chi connectivity index (χ0n) is 10.2. The molecule has 1 fully saturated rings. The number of nitrogens with zero attached hydrogens (tertiary/aromatic N) is 3. The maximum Gasteiger partial charge on any atom is 0.146 e. The van der Waals surface area contributed by atoms with Crippen LogP contribution in [0.5, 0.6) is 0 Å². The molecule has 90 valence electrons. The van der Waals surface area contributed by atoms with Gasteiger partial charge in [0.05, 0.1) is 5.56 Å². The van der Waals surface area contributed by atoms with Gasteiger partial charge in [0, 0.05) is 18.8 Å². The van der Waals surface area contributed by atoms with Crippen LogP contribution >= 0.6 is 0 Å². The highest BCUT2D eigenvalue weighted by Gasteiger charge is 2.21. The summed E-state index contributed by atoms with van der Waals surface area (Å²) in [6.45, 7) is 4.62. The number of piperidine rings is 1. The molecule has 0 bridgehead atoms. The third-order valence-electron chi connectivity index (χ3n) is 3.38. The Morgan fingerprint density at radius 3 is 2.76 bits per heavy atom. The van der Waals surface area contributed by atoms with Crippen LogP contribution in [0.1, 0.15) is 24.1 Å². The number of hydrogen-bond acceptors (Lipinski definition) is 4. The smallest absolute Gasteiger partial charge is 0.146 e. The molecular weight excluding hydrogens is 212 g/mol. The van der Waals surface area contributed by atoms with Gasteiger partial charge in [-0.15, -0.1) is 0 Å². The van der Waals surface area contributed by atoms with Crippen LogP contribution in [0, 0.1) is 24.2 Å². The molecule has 2 rings (SSSR count). The topological polar surface area (TPSA) is 65.9 Å². The molecule has 1 aliphatic heterocycles. The SMILES string of the molecule is Cc1ccc(C#N)c(N2CCC(CN)CC2)n1. The Bertz CT molecular complexity index is 428. The fourth-order valence-electron chi connectivity index (χ4n) is 2.25. The Labute approximate surface area is 102 Å². The Hall–Kier alpha value is -1.60. The van der Waals surface area contributed by atoms with Gasteiger partial charge in [-0.1, -0.05) is 0 Å². The molecule has 0 unspecified atom stereocenters. The Morgan fingerprint density at radius 2 is 2.18 bits per heavy atom. The number of rotatable bonds is 2. The highest BCUT2D eigenvalue weighted by atomic mass is 15.2. The van der Waals surface area contributed by atoms with Gasteiger partial charge in [0.25, 0.3) is 0 Å². The van der Waals surface area contributed by atoms with E-state index in [1.54, 1.807) is 0 Å². The Balaban J connectivity index is 2.18. The van der Waals surface area contributed by atoms with E-state index in [-0.39, 0.29) is 0 Å². The minimum Gasteiger partial charge on any atom is -0.355 e. The van der Waals surface area contributed by atoms with Gasteiger partial charge in [0.1, 0.15) is 11.9 Å². The van der Waals surface area contributed by atoms with E-state index >= 15 is 0 Å². The van der Waals surface area contributed by atoms with E-state index in [1.165, 1.54) is 0 Å². The van der Waals surface area contributed by atoms with Crippen molar-refractivity contribution in [2.24, 2.45) is 11.7 Å². The maximum absolute atomic E-state index is 9.10. The minimum atomic E-state index is 0.626. The van der Waals surface area contributed by atoms with E-state index in [1.807, 2.05) is 19.1 Å². The second-order valence-electron chi connectivity index (χ2n) is 4.60. The lowest BCUT2D eigenvalue weighted by Crippen LogP contribution is -2.37. The Kier molecular flexibility index (Phi) is 3.60. The number of hydrogen-bond donors (Lipinski definition) is 1. The van der Waals surface area contributed by atoms with Gasteiger partial charge in [-0.2, -0.15) is 5.26 Å². The number of anilines is 1. The molecule has 0 radical (unpaired) electrons. The molecule has 4 nitrogen and oxygen atoms in total. The molecule has 2 N–H and O–H groups in total. The third kappa shape index (κ3) is 2.56. The molecule has 0 aliphatic carbocycles. The molecule has 17 heavy (non-hydrogen) atoms. The van der Waals surface area contributed by atoms with Gasteiger partial charge in [0.2, 0.25) is 0 Å². The zero-order valence-corrected chi connectivity index (χ0v) is 10.2. The molecule has 0 spiro atoms. The third-order valence-corrected chi connectivity index (χ3v) is 3.38. The molecule has 0 aromatic carbocycles. The van der Waals surface area contributed by atoms with Gasteiger partial charge in [-0.25, -0.2) is 4.98 Å². The lowest BCUT2D eigenvalue weighted by molar-refractivity contribution is 0.413. The maximum atomic E-state index is 9.10. The van der Waals surface area contributed by atoms with Crippen molar-refractivity contribution in [3.63, 3.8) is 0 Å². The van der Waals surface area contributed by atoms with Crippen molar-refractivity contribution in [2.45, 2.75) is 19.8 Å². The van der Waals surface area contributed by atoms with Crippen molar-refractivity contribution in [3.8, 4) is 6.07 Å². The number of nitriles is 1. The first kappa shape index (κ1) is 11.9. The molecule has 4 heteroatoms. The first-order valence-corrected chi connectivity index (χ1v) is 6.07. The summed E-state index contributed by atoms with van der Waals surface area (Å²) in [7, 11) is 0. The first-order valence-electron chi connectivity index (χ1n) is 6.07.